The highest BCUT2D eigenvalue weighted by molar-refractivity contribution is 5.87. The fraction of sp³-hybridized carbons (Fsp3) is 0.625. The number of furan rings is 1. The molecule has 0 aliphatic carbocycles. The summed E-state index contributed by atoms with van der Waals surface area (Å²) in [6, 6.07) is 3.06. The summed E-state index contributed by atoms with van der Waals surface area (Å²) in [5, 5.41) is 9.46. The van der Waals surface area contributed by atoms with Crippen LogP contribution in [0.2, 0.25) is 0 Å². The molecule has 7 nitrogen and oxygen atoms in total. The monoisotopic (exact) mass is 322 g/mol. The van der Waals surface area contributed by atoms with E-state index in [1.807, 2.05) is 6.92 Å². The average molecular weight is 322 g/mol. The summed E-state index contributed by atoms with van der Waals surface area (Å²) in [5.41, 5.74) is 0. The van der Waals surface area contributed by atoms with E-state index in [9.17, 15) is 14.7 Å². The minimum absolute atomic E-state index is 0.0306. The molecule has 0 unspecified atom stereocenters. The molecule has 23 heavy (non-hydrogen) atoms. The van der Waals surface area contributed by atoms with Crippen LogP contribution in [0, 0.1) is 12.8 Å². The van der Waals surface area contributed by atoms with E-state index in [-0.39, 0.29) is 12.3 Å². The summed E-state index contributed by atoms with van der Waals surface area (Å²) >= 11 is 0. The zero-order valence-corrected chi connectivity index (χ0v) is 13.2. The average Bonchev–Trinajstić information content (AvgIpc) is 3.09. The number of carboxylic acid groups (broad SMARTS) is 1. The van der Waals surface area contributed by atoms with E-state index < -0.39 is 17.9 Å². The molecule has 0 saturated carbocycles. The molecule has 7 heteroatoms. The van der Waals surface area contributed by atoms with Gasteiger partial charge in [0.25, 0.3) is 0 Å². The molecule has 3 rings (SSSR count). The molecule has 0 spiro atoms. The summed E-state index contributed by atoms with van der Waals surface area (Å²) < 4.78 is 10.9. The predicted octanol–water partition coefficient (Wildman–Crippen LogP) is 0.894. The number of nitrogens with zero attached hydrogens (tertiary/aromatic N) is 2. The van der Waals surface area contributed by atoms with E-state index in [2.05, 4.69) is 4.90 Å². The Kier molecular flexibility index (Phi) is 4.68. The van der Waals surface area contributed by atoms with Gasteiger partial charge in [0, 0.05) is 32.6 Å². The first-order valence-corrected chi connectivity index (χ1v) is 7.95. The van der Waals surface area contributed by atoms with Crippen LogP contribution in [-0.4, -0.2) is 66.2 Å². The molecule has 0 bridgehead atoms. The number of aliphatic carboxylic acids is 1. The Morgan fingerprint density at radius 1 is 1.30 bits per heavy atom. The van der Waals surface area contributed by atoms with Crippen LogP contribution in [0.25, 0.3) is 0 Å². The van der Waals surface area contributed by atoms with Crippen LogP contribution in [0.3, 0.4) is 0 Å². The van der Waals surface area contributed by atoms with Crippen molar-refractivity contribution in [2.45, 2.75) is 19.4 Å². The second-order valence-corrected chi connectivity index (χ2v) is 6.08. The predicted molar refractivity (Wildman–Crippen MR) is 80.9 cm³/mol. The molecule has 2 saturated heterocycles. The van der Waals surface area contributed by atoms with Gasteiger partial charge in [0.05, 0.1) is 19.1 Å². The SMILES string of the molecule is Cc1ccc([C@@H]2[C@@H](C(=O)O)CC(=O)N2CCN2CCOCC2)o1. The van der Waals surface area contributed by atoms with E-state index in [0.29, 0.717) is 25.5 Å². The van der Waals surface area contributed by atoms with Crippen LogP contribution in [-0.2, 0) is 14.3 Å². The maximum atomic E-state index is 12.3. The summed E-state index contributed by atoms with van der Waals surface area (Å²) in [6.07, 6.45) is 0.0306. The Balaban J connectivity index is 1.75. The first-order valence-electron chi connectivity index (χ1n) is 7.95. The van der Waals surface area contributed by atoms with Crippen LogP contribution in [0.15, 0.2) is 16.5 Å². The number of morpholine rings is 1. The van der Waals surface area contributed by atoms with Gasteiger partial charge in [0.2, 0.25) is 5.91 Å². The summed E-state index contributed by atoms with van der Waals surface area (Å²) in [4.78, 5) is 27.8. The fourth-order valence-electron chi connectivity index (χ4n) is 3.31. The highest BCUT2D eigenvalue weighted by Gasteiger charge is 2.46. The number of aryl methyl sites for hydroxylation is 1. The molecule has 2 fully saturated rings. The molecule has 1 aromatic heterocycles. The molecular formula is C16H22N2O5. The summed E-state index contributed by atoms with van der Waals surface area (Å²) in [7, 11) is 0. The van der Waals surface area contributed by atoms with Crippen LogP contribution in [0.4, 0.5) is 0 Å². The van der Waals surface area contributed by atoms with Gasteiger partial charge >= 0.3 is 5.97 Å². The molecule has 3 heterocycles. The Morgan fingerprint density at radius 3 is 2.65 bits per heavy atom. The minimum Gasteiger partial charge on any atom is -0.481 e. The minimum atomic E-state index is -0.953. The zero-order valence-electron chi connectivity index (χ0n) is 13.2. The van der Waals surface area contributed by atoms with Gasteiger partial charge in [-0.25, -0.2) is 0 Å². The Bertz CT molecular complexity index is 579. The Hall–Kier alpha value is -1.86. The molecule has 1 amide bonds. The smallest absolute Gasteiger partial charge is 0.309 e. The van der Waals surface area contributed by atoms with E-state index >= 15 is 0 Å². The number of hydrogen-bond acceptors (Lipinski definition) is 5. The van der Waals surface area contributed by atoms with Crippen molar-refractivity contribution >= 4 is 11.9 Å². The molecule has 2 atom stereocenters. The lowest BCUT2D eigenvalue weighted by atomic mass is 9.98. The van der Waals surface area contributed by atoms with Crippen molar-refractivity contribution in [3.63, 3.8) is 0 Å². The topological polar surface area (TPSA) is 83.2 Å². The maximum Gasteiger partial charge on any atom is 0.309 e. The van der Waals surface area contributed by atoms with E-state index in [1.165, 1.54) is 0 Å². The number of rotatable bonds is 5. The molecule has 2 aliphatic heterocycles. The number of carboxylic acids is 1. The maximum absolute atomic E-state index is 12.3. The number of amides is 1. The first kappa shape index (κ1) is 16.0. The van der Waals surface area contributed by atoms with Crippen molar-refractivity contribution in [1.82, 2.24) is 9.80 Å². The summed E-state index contributed by atoms with van der Waals surface area (Å²) in [5.74, 6) is -0.548. The van der Waals surface area contributed by atoms with Crippen molar-refractivity contribution in [3.05, 3.63) is 23.7 Å². The third-order valence-electron chi connectivity index (χ3n) is 4.56. The molecule has 1 N–H and O–H groups in total. The quantitative estimate of drug-likeness (QED) is 0.867. The zero-order chi connectivity index (χ0) is 16.4. The van der Waals surface area contributed by atoms with Gasteiger partial charge in [-0.05, 0) is 19.1 Å². The lowest BCUT2D eigenvalue weighted by molar-refractivity contribution is -0.143. The van der Waals surface area contributed by atoms with Crippen LogP contribution < -0.4 is 0 Å². The standard InChI is InChI=1S/C16H22N2O5/c1-11-2-3-13(23-11)15-12(16(20)21)10-14(19)18(15)5-4-17-6-8-22-9-7-17/h2-3,12,15H,4-10H2,1H3,(H,20,21)/t12-,15-/m0/s1. The van der Waals surface area contributed by atoms with Gasteiger partial charge in [-0.3, -0.25) is 14.5 Å². The van der Waals surface area contributed by atoms with Crippen LogP contribution in [0.1, 0.15) is 24.0 Å². The molecule has 0 aromatic carbocycles. The van der Waals surface area contributed by atoms with Crippen molar-refractivity contribution in [2.75, 3.05) is 39.4 Å². The molecular weight excluding hydrogens is 300 g/mol. The Labute approximate surface area is 134 Å². The van der Waals surface area contributed by atoms with Gasteiger partial charge in [-0.1, -0.05) is 0 Å². The number of ether oxygens (including phenoxy) is 1. The van der Waals surface area contributed by atoms with Crippen molar-refractivity contribution in [2.24, 2.45) is 5.92 Å². The number of carbonyl (C=O) groups is 2. The van der Waals surface area contributed by atoms with Gasteiger partial charge < -0.3 is 19.2 Å². The normalized spacial score (nSPS) is 26.0. The van der Waals surface area contributed by atoms with E-state index in [1.54, 1.807) is 17.0 Å². The van der Waals surface area contributed by atoms with Gasteiger partial charge in [0.1, 0.15) is 17.6 Å². The van der Waals surface area contributed by atoms with E-state index in [0.717, 1.165) is 25.4 Å². The lowest BCUT2D eigenvalue weighted by Crippen LogP contribution is -2.42. The Morgan fingerprint density at radius 2 is 2.04 bits per heavy atom. The van der Waals surface area contributed by atoms with Crippen molar-refractivity contribution in [1.29, 1.82) is 0 Å². The van der Waals surface area contributed by atoms with E-state index in [4.69, 9.17) is 9.15 Å². The van der Waals surface area contributed by atoms with Crippen LogP contribution >= 0.6 is 0 Å². The highest BCUT2D eigenvalue weighted by Crippen LogP contribution is 2.38. The third-order valence-corrected chi connectivity index (χ3v) is 4.56. The second-order valence-electron chi connectivity index (χ2n) is 6.08. The number of likely N-dealkylation sites (tertiary alicyclic amines) is 1. The first-order chi connectivity index (χ1) is 11.1. The molecule has 2 aliphatic rings. The van der Waals surface area contributed by atoms with Crippen molar-refractivity contribution < 1.29 is 23.8 Å². The molecule has 126 valence electrons. The second kappa shape index (κ2) is 6.72. The summed E-state index contributed by atoms with van der Waals surface area (Å²) in [6.45, 7) is 6.13. The highest BCUT2D eigenvalue weighted by atomic mass is 16.5. The number of carbonyl (C=O) groups excluding carboxylic acids is 1. The van der Waals surface area contributed by atoms with Crippen molar-refractivity contribution in [3.8, 4) is 0 Å². The largest absolute Gasteiger partial charge is 0.481 e. The fourth-order valence-corrected chi connectivity index (χ4v) is 3.31. The van der Waals surface area contributed by atoms with Crippen LogP contribution in [0.5, 0.6) is 0 Å². The molecule has 1 aromatic rings. The third kappa shape index (κ3) is 3.40. The van der Waals surface area contributed by atoms with Gasteiger partial charge in [0.15, 0.2) is 0 Å². The van der Waals surface area contributed by atoms with Gasteiger partial charge in [-0.15, -0.1) is 0 Å². The number of hydrogen-bond donors (Lipinski definition) is 1. The lowest BCUT2D eigenvalue weighted by Gasteiger charge is -2.31. The van der Waals surface area contributed by atoms with Gasteiger partial charge in [-0.2, -0.15) is 0 Å². The molecule has 0 radical (unpaired) electrons.